The van der Waals surface area contributed by atoms with Gasteiger partial charge in [-0.25, -0.2) is 4.79 Å². The topological polar surface area (TPSA) is 72.5 Å². The second-order valence-electron chi connectivity index (χ2n) is 3.59. The fourth-order valence-corrected chi connectivity index (χ4v) is 2.20. The van der Waals surface area contributed by atoms with Gasteiger partial charge in [0, 0.05) is 15.8 Å². The summed E-state index contributed by atoms with van der Waals surface area (Å²) in [6.07, 6.45) is 0. The van der Waals surface area contributed by atoms with Crippen molar-refractivity contribution < 1.29 is 14.6 Å². The van der Waals surface area contributed by atoms with Crippen LogP contribution in [0.4, 0.5) is 5.69 Å². The van der Waals surface area contributed by atoms with Crippen molar-refractivity contribution in [3.05, 3.63) is 23.8 Å². The summed E-state index contributed by atoms with van der Waals surface area (Å²) in [7, 11) is 0. The molecule has 1 rings (SSSR count). The van der Waals surface area contributed by atoms with E-state index in [0.29, 0.717) is 17.9 Å². The molecule has 0 aliphatic heterocycles. The summed E-state index contributed by atoms with van der Waals surface area (Å²) < 4.78 is 4.97. The number of nitrogens with two attached hydrogens (primary N) is 1. The van der Waals surface area contributed by atoms with Crippen molar-refractivity contribution in [1.82, 2.24) is 0 Å². The van der Waals surface area contributed by atoms with E-state index in [-0.39, 0.29) is 17.8 Å². The molecule has 0 aromatic heterocycles. The van der Waals surface area contributed by atoms with Gasteiger partial charge in [-0.3, -0.25) is 0 Å². The van der Waals surface area contributed by atoms with Crippen LogP contribution < -0.4 is 5.73 Å². The van der Waals surface area contributed by atoms with E-state index in [1.165, 1.54) is 11.8 Å². The summed E-state index contributed by atoms with van der Waals surface area (Å²) in [5, 5.41) is 9.04. The van der Waals surface area contributed by atoms with Crippen molar-refractivity contribution in [3.8, 4) is 0 Å². The molecular formula is C12H17NO3S. The van der Waals surface area contributed by atoms with Gasteiger partial charge in [0.25, 0.3) is 0 Å². The van der Waals surface area contributed by atoms with Crippen molar-refractivity contribution in [3.63, 3.8) is 0 Å². The molecule has 1 aromatic carbocycles. The first-order valence-electron chi connectivity index (χ1n) is 5.42. The van der Waals surface area contributed by atoms with Crippen LogP contribution in [0.2, 0.25) is 0 Å². The Bertz CT molecular complexity index is 395. The summed E-state index contributed by atoms with van der Waals surface area (Å²) in [4.78, 5) is 12.5. The Balaban J connectivity index is 2.99. The van der Waals surface area contributed by atoms with E-state index in [1.54, 1.807) is 25.1 Å². The van der Waals surface area contributed by atoms with Crippen LogP contribution in [-0.2, 0) is 4.74 Å². The zero-order valence-electron chi connectivity index (χ0n) is 9.97. The molecule has 0 heterocycles. The molecule has 1 unspecified atom stereocenters. The SMILES string of the molecule is CCOC(=O)c1cc(N)ccc1SC(C)CO. The van der Waals surface area contributed by atoms with Gasteiger partial charge in [-0.05, 0) is 25.1 Å². The maximum absolute atomic E-state index is 11.7. The summed E-state index contributed by atoms with van der Waals surface area (Å²) >= 11 is 1.43. The Morgan fingerprint density at radius 2 is 2.29 bits per heavy atom. The van der Waals surface area contributed by atoms with E-state index in [1.807, 2.05) is 6.92 Å². The second kappa shape index (κ2) is 6.51. The molecule has 5 heteroatoms. The molecule has 3 N–H and O–H groups in total. The first-order valence-corrected chi connectivity index (χ1v) is 6.30. The number of nitrogen functional groups attached to an aromatic ring is 1. The molecule has 0 bridgehead atoms. The first-order chi connectivity index (χ1) is 8.08. The van der Waals surface area contributed by atoms with Gasteiger partial charge in [0.05, 0.1) is 18.8 Å². The fourth-order valence-electron chi connectivity index (χ4n) is 1.27. The lowest BCUT2D eigenvalue weighted by Crippen LogP contribution is -2.09. The average Bonchev–Trinajstić information content (AvgIpc) is 2.31. The first kappa shape index (κ1) is 13.9. The van der Waals surface area contributed by atoms with E-state index in [2.05, 4.69) is 0 Å². The predicted octanol–water partition coefficient (Wildman–Crippen LogP) is 1.92. The molecule has 4 nitrogen and oxygen atoms in total. The van der Waals surface area contributed by atoms with E-state index < -0.39 is 0 Å². The third kappa shape index (κ3) is 3.94. The van der Waals surface area contributed by atoms with Gasteiger partial charge in [-0.1, -0.05) is 6.92 Å². The van der Waals surface area contributed by atoms with Crippen LogP contribution in [0.25, 0.3) is 0 Å². The highest BCUT2D eigenvalue weighted by Crippen LogP contribution is 2.28. The normalized spacial score (nSPS) is 12.2. The number of rotatable bonds is 5. The van der Waals surface area contributed by atoms with Gasteiger partial charge < -0.3 is 15.6 Å². The van der Waals surface area contributed by atoms with Gasteiger partial charge in [-0.15, -0.1) is 11.8 Å². The van der Waals surface area contributed by atoms with Crippen LogP contribution in [-0.4, -0.2) is 29.5 Å². The van der Waals surface area contributed by atoms with E-state index in [4.69, 9.17) is 15.6 Å². The highest BCUT2D eigenvalue weighted by atomic mass is 32.2. The number of esters is 1. The third-order valence-corrected chi connectivity index (χ3v) is 3.25. The zero-order chi connectivity index (χ0) is 12.8. The second-order valence-corrected chi connectivity index (χ2v) is 5.07. The number of ether oxygens (including phenoxy) is 1. The predicted molar refractivity (Wildman–Crippen MR) is 69.2 cm³/mol. The molecule has 94 valence electrons. The fraction of sp³-hybridized carbons (Fsp3) is 0.417. The Hall–Kier alpha value is -1.20. The minimum Gasteiger partial charge on any atom is -0.462 e. The molecular weight excluding hydrogens is 238 g/mol. The Morgan fingerprint density at radius 1 is 1.59 bits per heavy atom. The van der Waals surface area contributed by atoms with Gasteiger partial charge in [-0.2, -0.15) is 0 Å². The van der Waals surface area contributed by atoms with E-state index in [0.717, 1.165) is 4.90 Å². The van der Waals surface area contributed by atoms with Crippen molar-refractivity contribution in [2.24, 2.45) is 0 Å². The number of hydrogen-bond acceptors (Lipinski definition) is 5. The lowest BCUT2D eigenvalue weighted by molar-refractivity contribution is 0.0522. The summed E-state index contributed by atoms with van der Waals surface area (Å²) in [6, 6.07) is 5.11. The number of carbonyl (C=O) groups excluding carboxylic acids is 1. The van der Waals surface area contributed by atoms with Gasteiger partial charge in [0.2, 0.25) is 0 Å². The van der Waals surface area contributed by atoms with Crippen LogP contribution in [0.1, 0.15) is 24.2 Å². The number of anilines is 1. The van der Waals surface area contributed by atoms with Crippen LogP contribution in [0.5, 0.6) is 0 Å². The molecule has 0 fully saturated rings. The molecule has 0 saturated heterocycles. The summed E-state index contributed by atoms with van der Waals surface area (Å²) in [6.45, 7) is 4.02. The van der Waals surface area contributed by atoms with Crippen molar-refractivity contribution in [2.75, 3.05) is 18.9 Å². The highest BCUT2D eigenvalue weighted by Gasteiger charge is 2.15. The molecule has 0 amide bonds. The number of aliphatic hydroxyl groups is 1. The van der Waals surface area contributed by atoms with Crippen LogP contribution in [0, 0.1) is 0 Å². The van der Waals surface area contributed by atoms with Crippen LogP contribution in [0.15, 0.2) is 23.1 Å². The molecule has 17 heavy (non-hydrogen) atoms. The highest BCUT2D eigenvalue weighted by molar-refractivity contribution is 8.00. The molecule has 1 aromatic rings. The Labute approximate surface area is 105 Å². The summed E-state index contributed by atoms with van der Waals surface area (Å²) in [5.41, 5.74) is 6.64. The average molecular weight is 255 g/mol. The zero-order valence-corrected chi connectivity index (χ0v) is 10.8. The van der Waals surface area contributed by atoms with Crippen LogP contribution >= 0.6 is 11.8 Å². The number of hydrogen-bond donors (Lipinski definition) is 2. The van der Waals surface area contributed by atoms with E-state index in [9.17, 15) is 4.79 Å². The molecule has 0 radical (unpaired) electrons. The number of thioether (sulfide) groups is 1. The van der Waals surface area contributed by atoms with Crippen LogP contribution in [0.3, 0.4) is 0 Å². The maximum Gasteiger partial charge on any atom is 0.339 e. The molecule has 0 saturated carbocycles. The molecule has 1 atom stereocenters. The van der Waals surface area contributed by atoms with Gasteiger partial charge >= 0.3 is 5.97 Å². The largest absolute Gasteiger partial charge is 0.462 e. The number of carbonyl (C=O) groups is 1. The quantitative estimate of drug-likeness (QED) is 0.478. The van der Waals surface area contributed by atoms with E-state index >= 15 is 0 Å². The van der Waals surface area contributed by atoms with Crippen molar-refractivity contribution >= 4 is 23.4 Å². The minimum absolute atomic E-state index is 0.0202. The maximum atomic E-state index is 11.7. The standard InChI is InChI=1S/C12H17NO3S/c1-3-16-12(15)10-6-9(13)4-5-11(10)17-8(2)7-14/h4-6,8,14H,3,7,13H2,1-2H3. The van der Waals surface area contributed by atoms with Gasteiger partial charge in [0.1, 0.15) is 0 Å². The van der Waals surface area contributed by atoms with Crippen molar-refractivity contribution in [2.45, 2.75) is 24.0 Å². The minimum atomic E-state index is -0.382. The number of benzene rings is 1. The Morgan fingerprint density at radius 3 is 2.88 bits per heavy atom. The monoisotopic (exact) mass is 255 g/mol. The smallest absolute Gasteiger partial charge is 0.339 e. The lowest BCUT2D eigenvalue weighted by atomic mass is 10.2. The molecule has 0 aliphatic carbocycles. The summed E-state index contributed by atoms with van der Waals surface area (Å²) in [5.74, 6) is -0.382. The molecule has 0 spiro atoms. The van der Waals surface area contributed by atoms with Crippen molar-refractivity contribution in [1.29, 1.82) is 0 Å². The molecule has 0 aliphatic rings. The van der Waals surface area contributed by atoms with Gasteiger partial charge in [0.15, 0.2) is 0 Å². The third-order valence-electron chi connectivity index (χ3n) is 2.08. The number of aliphatic hydroxyl groups excluding tert-OH is 1. The Kier molecular flexibility index (Phi) is 5.31. The lowest BCUT2D eigenvalue weighted by Gasteiger charge is -2.12.